The number of carboxylic acids is 1. The van der Waals surface area contributed by atoms with Gasteiger partial charge in [0, 0.05) is 40.9 Å². The first-order valence-electron chi connectivity index (χ1n) is 12.2. The van der Waals surface area contributed by atoms with Crippen LogP contribution in [0.4, 0.5) is 11.4 Å². The molecule has 36 heavy (non-hydrogen) atoms. The molecular weight excluding hydrogens is 464 g/mol. The molecule has 4 aromatic carbocycles. The number of anilines is 2. The van der Waals surface area contributed by atoms with Gasteiger partial charge in [0.1, 0.15) is 4.70 Å². The predicted octanol–water partition coefficient (Wildman–Crippen LogP) is 7.24. The fourth-order valence-corrected chi connectivity index (χ4v) is 6.54. The molecule has 0 spiro atoms. The Morgan fingerprint density at radius 2 is 1.75 bits per heavy atom. The van der Waals surface area contributed by atoms with Crippen molar-refractivity contribution in [3.05, 3.63) is 101 Å². The van der Waals surface area contributed by atoms with Gasteiger partial charge in [0.25, 0.3) is 5.01 Å². The number of benzene rings is 4. The molecule has 2 heterocycles. The molecule has 1 N–H and O–H groups in total. The minimum atomic E-state index is -0.844. The highest BCUT2D eigenvalue weighted by atomic mass is 32.1. The maximum atomic E-state index is 11.7. The van der Waals surface area contributed by atoms with E-state index in [1.807, 2.05) is 22.8 Å². The van der Waals surface area contributed by atoms with Gasteiger partial charge in [0.2, 0.25) is 12.1 Å². The zero-order valence-corrected chi connectivity index (χ0v) is 21.1. The van der Waals surface area contributed by atoms with Crippen LogP contribution in [0.3, 0.4) is 0 Å². The molecule has 0 bridgehead atoms. The smallest absolute Gasteiger partial charge is 0.370 e. The van der Waals surface area contributed by atoms with Crippen molar-refractivity contribution in [3.8, 4) is 0 Å². The van der Waals surface area contributed by atoms with Gasteiger partial charge >= 0.3 is 5.97 Å². The van der Waals surface area contributed by atoms with Crippen LogP contribution in [0, 0.1) is 0 Å². The lowest BCUT2D eigenvalue weighted by Gasteiger charge is -2.26. The first kappa shape index (κ1) is 22.5. The SMILES string of the molecule is CC1c2cc(/C=C/c3sc4c5ccccc5ccc4[n+]3CC(=O)O)ccc2N(c2ccccc2)C1C. The van der Waals surface area contributed by atoms with E-state index < -0.39 is 5.97 Å². The first-order chi connectivity index (χ1) is 17.5. The van der Waals surface area contributed by atoms with Crippen LogP contribution in [0.25, 0.3) is 33.1 Å². The number of nitrogens with zero attached hydrogens (tertiary/aromatic N) is 2. The van der Waals surface area contributed by atoms with Gasteiger partial charge in [-0.3, -0.25) is 0 Å². The van der Waals surface area contributed by atoms with E-state index in [-0.39, 0.29) is 6.54 Å². The quantitative estimate of drug-likeness (QED) is 0.264. The molecule has 0 saturated carbocycles. The molecule has 0 fully saturated rings. The van der Waals surface area contributed by atoms with E-state index in [0.717, 1.165) is 31.6 Å². The third-order valence-electron chi connectivity index (χ3n) is 7.30. The van der Waals surface area contributed by atoms with Crippen LogP contribution in [0.1, 0.15) is 35.9 Å². The Morgan fingerprint density at radius 1 is 0.972 bits per heavy atom. The average molecular weight is 492 g/mol. The first-order valence-corrected chi connectivity index (χ1v) is 13.0. The molecule has 178 valence electrons. The summed E-state index contributed by atoms with van der Waals surface area (Å²) in [6.45, 7) is 4.50. The molecular formula is C31H27N2O2S+. The molecule has 5 heteroatoms. The molecule has 2 atom stereocenters. The maximum Gasteiger partial charge on any atom is 0.370 e. The largest absolute Gasteiger partial charge is 0.477 e. The fraction of sp³-hybridized carbons (Fsp3) is 0.161. The average Bonchev–Trinajstić information content (AvgIpc) is 3.37. The Labute approximate surface area is 214 Å². The van der Waals surface area contributed by atoms with Crippen LogP contribution in [-0.2, 0) is 11.3 Å². The van der Waals surface area contributed by atoms with Crippen molar-refractivity contribution >= 4 is 61.8 Å². The number of hydrogen-bond donors (Lipinski definition) is 1. The third kappa shape index (κ3) is 3.76. The third-order valence-corrected chi connectivity index (χ3v) is 8.50. The summed E-state index contributed by atoms with van der Waals surface area (Å²) in [6.07, 6.45) is 4.16. The normalized spacial score (nSPS) is 17.3. The number of aliphatic carboxylic acids is 1. The number of para-hydroxylation sites is 1. The lowest BCUT2D eigenvalue weighted by Crippen LogP contribution is -2.39. The van der Waals surface area contributed by atoms with Gasteiger partial charge in [-0.2, -0.15) is 4.57 Å². The summed E-state index contributed by atoms with van der Waals surface area (Å²) in [4.78, 5) is 14.1. The molecule has 5 aromatic rings. The van der Waals surface area contributed by atoms with Gasteiger partial charge in [-0.15, -0.1) is 0 Å². The van der Waals surface area contributed by atoms with Crippen molar-refractivity contribution in [2.45, 2.75) is 32.4 Å². The van der Waals surface area contributed by atoms with Gasteiger partial charge in [-0.1, -0.05) is 66.8 Å². The second-order valence-corrected chi connectivity index (χ2v) is 10.5. The highest BCUT2D eigenvalue weighted by Crippen LogP contribution is 2.45. The molecule has 0 saturated heterocycles. The number of carbonyl (C=O) groups is 1. The van der Waals surface area contributed by atoms with Crippen LogP contribution in [-0.4, -0.2) is 17.1 Å². The molecule has 1 aromatic heterocycles. The molecule has 0 radical (unpaired) electrons. The van der Waals surface area contributed by atoms with Gasteiger partial charge in [-0.05, 0) is 59.8 Å². The van der Waals surface area contributed by atoms with Crippen molar-refractivity contribution in [2.75, 3.05) is 4.90 Å². The topological polar surface area (TPSA) is 44.4 Å². The predicted molar refractivity (Wildman–Crippen MR) is 149 cm³/mol. The molecule has 0 amide bonds. The number of rotatable bonds is 5. The van der Waals surface area contributed by atoms with Crippen molar-refractivity contribution in [1.82, 2.24) is 0 Å². The van der Waals surface area contributed by atoms with Gasteiger partial charge in [0.15, 0.2) is 0 Å². The molecule has 0 aliphatic carbocycles. The number of thiazole rings is 1. The highest BCUT2D eigenvalue weighted by molar-refractivity contribution is 7.19. The second-order valence-electron chi connectivity index (χ2n) is 9.44. The number of aromatic nitrogens is 1. The van der Waals surface area contributed by atoms with Crippen LogP contribution < -0.4 is 9.47 Å². The van der Waals surface area contributed by atoms with E-state index in [1.54, 1.807) is 11.3 Å². The summed E-state index contributed by atoms with van der Waals surface area (Å²) in [5, 5.41) is 12.8. The summed E-state index contributed by atoms with van der Waals surface area (Å²) in [5.41, 5.74) is 5.88. The lowest BCUT2D eigenvalue weighted by atomic mass is 9.96. The molecule has 2 unspecified atom stereocenters. The van der Waals surface area contributed by atoms with E-state index in [4.69, 9.17) is 0 Å². The summed E-state index contributed by atoms with van der Waals surface area (Å²) >= 11 is 1.64. The monoisotopic (exact) mass is 491 g/mol. The molecule has 6 rings (SSSR count). The van der Waals surface area contributed by atoms with E-state index >= 15 is 0 Å². The van der Waals surface area contributed by atoms with Crippen LogP contribution in [0.2, 0.25) is 0 Å². The van der Waals surface area contributed by atoms with Gasteiger partial charge in [0.05, 0.1) is 0 Å². The highest BCUT2D eigenvalue weighted by Gasteiger charge is 2.33. The van der Waals surface area contributed by atoms with Crippen LogP contribution in [0.5, 0.6) is 0 Å². The standard InChI is InChI=1S/C31H26N2O2S/c1-20-21(2)33(24-9-4-3-5-10-24)27-15-12-22(18-26(20)27)13-17-29-32(19-30(34)35)28-16-14-23-8-6-7-11-25(23)31(28)36-29/h3-18,20-21H,19H2,1-2H3/p+1. The Morgan fingerprint density at radius 3 is 2.56 bits per heavy atom. The van der Waals surface area contributed by atoms with Crippen molar-refractivity contribution in [3.63, 3.8) is 0 Å². The van der Waals surface area contributed by atoms with E-state index in [0.29, 0.717) is 12.0 Å². The zero-order valence-electron chi connectivity index (χ0n) is 20.3. The lowest BCUT2D eigenvalue weighted by molar-refractivity contribution is -0.657. The molecule has 1 aliphatic heterocycles. The Hall–Kier alpha value is -3.96. The van der Waals surface area contributed by atoms with Crippen molar-refractivity contribution in [1.29, 1.82) is 0 Å². The minimum Gasteiger partial charge on any atom is -0.477 e. The Kier molecular flexibility index (Phi) is 5.57. The number of hydrogen-bond acceptors (Lipinski definition) is 3. The van der Waals surface area contributed by atoms with Crippen molar-refractivity contribution < 1.29 is 14.5 Å². The Bertz CT molecular complexity index is 1640. The maximum absolute atomic E-state index is 11.7. The van der Waals surface area contributed by atoms with Crippen LogP contribution >= 0.6 is 11.3 Å². The minimum absolute atomic E-state index is 0.0667. The Balaban J connectivity index is 1.40. The van der Waals surface area contributed by atoms with Gasteiger partial charge < -0.3 is 10.0 Å². The van der Waals surface area contributed by atoms with E-state index in [2.05, 4.69) is 97.6 Å². The summed E-state index contributed by atoms with van der Waals surface area (Å²) < 4.78 is 3.02. The van der Waals surface area contributed by atoms with Crippen molar-refractivity contribution in [2.24, 2.45) is 0 Å². The zero-order chi connectivity index (χ0) is 24.8. The van der Waals surface area contributed by atoms with Gasteiger partial charge in [-0.25, -0.2) is 4.79 Å². The fourth-order valence-electron chi connectivity index (χ4n) is 5.35. The summed E-state index contributed by atoms with van der Waals surface area (Å²) in [6, 6.07) is 29.9. The summed E-state index contributed by atoms with van der Waals surface area (Å²) in [7, 11) is 0. The van der Waals surface area contributed by atoms with E-state index in [9.17, 15) is 9.90 Å². The second kappa shape index (κ2) is 8.92. The summed E-state index contributed by atoms with van der Waals surface area (Å²) in [5.74, 6) is -0.440. The number of fused-ring (bicyclic) bond motifs is 4. The van der Waals surface area contributed by atoms with E-state index in [1.165, 1.54) is 16.9 Å². The number of carboxylic acid groups (broad SMARTS) is 1. The van der Waals surface area contributed by atoms with Crippen LogP contribution in [0.15, 0.2) is 84.9 Å². The molecule has 4 nitrogen and oxygen atoms in total. The molecule has 1 aliphatic rings.